The fourth-order valence-electron chi connectivity index (χ4n) is 2.87. The maximum absolute atomic E-state index is 14.1. The SMILES string of the molecule is NCCOC(=O)N1CC(c2cc(F)ccc2F)=C[C@H]1c1ccccc1. The molecule has 1 aliphatic heterocycles. The van der Waals surface area contributed by atoms with Gasteiger partial charge in [0, 0.05) is 12.1 Å². The number of amides is 1. The molecule has 0 unspecified atom stereocenters. The highest BCUT2D eigenvalue weighted by atomic mass is 19.1. The number of nitrogens with two attached hydrogens (primary N) is 1. The van der Waals surface area contributed by atoms with Gasteiger partial charge in [-0.1, -0.05) is 36.4 Å². The summed E-state index contributed by atoms with van der Waals surface area (Å²) in [6, 6.07) is 12.2. The molecule has 1 heterocycles. The summed E-state index contributed by atoms with van der Waals surface area (Å²) in [6.07, 6.45) is 1.22. The topological polar surface area (TPSA) is 55.6 Å². The molecule has 1 amide bonds. The fraction of sp³-hybridized carbons (Fsp3) is 0.211. The first-order chi connectivity index (χ1) is 12.1. The van der Waals surface area contributed by atoms with Gasteiger partial charge in [-0.15, -0.1) is 0 Å². The van der Waals surface area contributed by atoms with Crippen LogP contribution in [0, 0.1) is 11.6 Å². The van der Waals surface area contributed by atoms with E-state index in [4.69, 9.17) is 10.5 Å². The summed E-state index contributed by atoms with van der Waals surface area (Å²) in [4.78, 5) is 13.8. The van der Waals surface area contributed by atoms with E-state index in [0.717, 1.165) is 23.8 Å². The maximum atomic E-state index is 14.1. The number of carbonyl (C=O) groups excluding carboxylic acids is 1. The van der Waals surface area contributed by atoms with Gasteiger partial charge in [0.1, 0.15) is 18.2 Å². The van der Waals surface area contributed by atoms with Crippen molar-refractivity contribution in [2.75, 3.05) is 19.7 Å². The lowest BCUT2D eigenvalue weighted by molar-refractivity contribution is 0.104. The van der Waals surface area contributed by atoms with E-state index in [2.05, 4.69) is 0 Å². The van der Waals surface area contributed by atoms with Crippen molar-refractivity contribution >= 4 is 11.7 Å². The molecular weight excluding hydrogens is 326 g/mol. The fourth-order valence-corrected chi connectivity index (χ4v) is 2.87. The number of carbonyl (C=O) groups is 1. The highest BCUT2D eigenvalue weighted by Gasteiger charge is 2.32. The van der Waals surface area contributed by atoms with Crippen LogP contribution in [0.5, 0.6) is 0 Å². The molecule has 0 spiro atoms. The standard InChI is InChI=1S/C19H18F2N2O2/c20-15-6-7-17(21)16(11-15)14-10-18(13-4-2-1-3-5-13)23(12-14)19(24)25-9-8-22/h1-7,10-11,18H,8-9,12,22H2/t18-/m0/s1. The van der Waals surface area contributed by atoms with Gasteiger partial charge in [-0.3, -0.25) is 4.90 Å². The minimum Gasteiger partial charge on any atom is -0.448 e. The van der Waals surface area contributed by atoms with Crippen LogP contribution in [0.2, 0.25) is 0 Å². The second-order valence-corrected chi connectivity index (χ2v) is 5.70. The predicted octanol–water partition coefficient (Wildman–Crippen LogP) is 3.50. The third-order valence-corrected chi connectivity index (χ3v) is 4.03. The molecule has 1 atom stereocenters. The lowest BCUT2D eigenvalue weighted by Gasteiger charge is -2.24. The van der Waals surface area contributed by atoms with E-state index in [-0.39, 0.29) is 25.3 Å². The first-order valence-corrected chi connectivity index (χ1v) is 7.94. The number of rotatable bonds is 4. The molecule has 0 aliphatic carbocycles. The monoisotopic (exact) mass is 344 g/mol. The second-order valence-electron chi connectivity index (χ2n) is 5.70. The Labute approximate surface area is 144 Å². The van der Waals surface area contributed by atoms with Crippen molar-refractivity contribution in [1.29, 1.82) is 0 Å². The molecule has 0 fully saturated rings. The van der Waals surface area contributed by atoms with E-state index in [0.29, 0.717) is 5.57 Å². The van der Waals surface area contributed by atoms with E-state index >= 15 is 0 Å². The first kappa shape index (κ1) is 17.1. The Bertz CT molecular complexity index is 793. The van der Waals surface area contributed by atoms with Crippen LogP contribution in [-0.4, -0.2) is 30.7 Å². The van der Waals surface area contributed by atoms with Crippen molar-refractivity contribution in [3.8, 4) is 0 Å². The third-order valence-electron chi connectivity index (χ3n) is 4.03. The summed E-state index contributed by atoms with van der Waals surface area (Å²) in [5, 5.41) is 0. The van der Waals surface area contributed by atoms with E-state index in [1.54, 1.807) is 6.08 Å². The molecule has 6 heteroatoms. The Hall–Kier alpha value is -2.73. The Balaban J connectivity index is 1.96. The summed E-state index contributed by atoms with van der Waals surface area (Å²) in [5.41, 5.74) is 6.92. The predicted molar refractivity (Wildman–Crippen MR) is 90.6 cm³/mol. The van der Waals surface area contributed by atoms with Gasteiger partial charge < -0.3 is 10.5 Å². The molecule has 1 aliphatic rings. The summed E-state index contributed by atoms with van der Waals surface area (Å²) in [6.45, 7) is 0.443. The van der Waals surface area contributed by atoms with Gasteiger partial charge in [-0.25, -0.2) is 13.6 Å². The Kier molecular flexibility index (Phi) is 5.09. The van der Waals surface area contributed by atoms with Crippen molar-refractivity contribution in [3.63, 3.8) is 0 Å². The number of nitrogens with zero attached hydrogens (tertiary/aromatic N) is 1. The molecule has 0 saturated carbocycles. The van der Waals surface area contributed by atoms with E-state index < -0.39 is 23.8 Å². The van der Waals surface area contributed by atoms with Crippen LogP contribution in [0.25, 0.3) is 5.57 Å². The minimum absolute atomic E-state index is 0.0977. The zero-order valence-electron chi connectivity index (χ0n) is 13.5. The van der Waals surface area contributed by atoms with E-state index in [9.17, 15) is 13.6 Å². The number of halogens is 2. The average Bonchev–Trinajstić information content (AvgIpc) is 3.07. The quantitative estimate of drug-likeness (QED) is 0.924. The van der Waals surface area contributed by atoms with Gasteiger partial charge in [0.2, 0.25) is 0 Å². The molecule has 0 aromatic heterocycles. The Morgan fingerprint density at radius 1 is 1.20 bits per heavy atom. The van der Waals surface area contributed by atoms with Gasteiger partial charge >= 0.3 is 6.09 Å². The molecule has 0 saturated heterocycles. The first-order valence-electron chi connectivity index (χ1n) is 7.94. The van der Waals surface area contributed by atoms with Crippen LogP contribution in [0.15, 0.2) is 54.6 Å². The lowest BCUT2D eigenvalue weighted by Crippen LogP contribution is -2.33. The van der Waals surface area contributed by atoms with Crippen LogP contribution in [0.3, 0.4) is 0 Å². The van der Waals surface area contributed by atoms with Crippen molar-refractivity contribution in [3.05, 3.63) is 77.4 Å². The van der Waals surface area contributed by atoms with Gasteiger partial charge in [0.25, 0.3) is 0 Å². The van der Waals surface area contributed by atoms with Crippen LogP contribution >= 0.6 is 0 Å². The van der Waals surface area contributed by atoms with Crippen molar-refractivity contribution < 1.29 is 18.3 Å². The summed E-state index contributed by atoms with van der Waals surface area (Å²) >= 11 is 0. The van der Waals surface area contributed by atoms with Crippen molar-refractivity contribution in [2.45, 2.75) is 6.04 Å². The number of benzene rings is 2. The largest absolute Gasteiger partial charge is 0.448 e. The Morgan fingerprint density at radius 3 is 2.68 bits per heavy atom. The average molecular weight is 344 g/mol. The van der Waals surface area contributed by atoms with Crippen LogP contribution < -0.4 is 5.73 Å². The van der Waals surface area contributed by atoms with Crippen LogP contribution in [-0.2, 0) is 4.74 Å². The molecule has 3 rings (SSSR count). The van der Waals surface area contributed by atoms with Gasteiger partial charge in [0.15, 0.2) is 0 Å². The number of hydrogen-bond donors (Lipinski definition) is 1. The molecule has 2 aromatic carbocycles. The molecular formula is C19H18F2N2O2. The molecule has 2 N–H and O–H groups in total. The highest BCUT2D eigenvalue weighted by Crippen LogP contribution is 2.36. The lowest BCUT2D eigenvalue weighted by atomic mass is 10.0. The van der Waals surface area contributed by atoms with Crippen molar-refractivity contribution in [1.82, 2.24) is 4.90 Å². The summed E-state index contributed by atoms with van der Waals surface area (Å²) < 4.78 is 32.8. The van der Waals surface area contributed by atoms with Gasteiger partial charge in [0.05, 0.1) is 12.6 Å². The number of hydrogen-bond acceptors (Lipinski definition) is 3. The van der Waals surface area contributed by atoms with Crippen LogP contribution in [0.4, 0.5) is 13.6 Å². The molecule has 0 radical (unpaired) electrons. The molecule has 4 nitrogen and oxygen atoms in total. The van der Waals surface area contributed by atoms with E-state index in [1.807, 2.05) is 30.3 Å². The van der Waals surface area contributed by atoms with Crippen LogP contribution in [0.1, 0.15) is 17.2 Å². The third kappa shape index (κ3) is 3.69. The molecule has 25 heavy (non-hydrogen) atoms. The molecule has 2 aromatic rings. The summed E-state index contributed by atoms with van der Waals surface area (Å²) in [5.74, 6) is -1.06. The maximum Gasteiger partial charge on any atom is 0.410 e. The molecule has 130 valence electrons. The zero-order chi connectivity index (χ0) is 17.8. The minimum atomic E-state index is -0.539. The smallest absolute Gasteiger partial charge is 0.410 e. The Morgan fingerprint density at radius 2 is 1.96 bits per heavy atom. The molecule has 0 bridgehead atoms. The van der Waals surface area contributed by atoms with Crippen molar-refractivity contribution in [2.24, 2.45) is 5.73 Å². The van der Waals surface area contributed by atoms with Gasteiger partial charge in [-0.2, -0.15) is 0 Å². The van der Waals surface area contributed by atoms with Gasteiger partial charge in [-0.05, 0) is 29.3 Å². The second kappa shape index (κ2) is 7.44. The zero-order valence-corrected chi connectivity index (χ0v) is 13.5. The highest BCUT2D eigenvalue weighted by molar-refractivity contribution is 5.79. The normalized spacial score (nSPS) is 16.7. The van der Waals surface area contributed by atoms with E-state index in [1.165, 1.54) is 4.90 Å². The summed E-state index contributed by atoms with van der Waals surface area (Å²) in [7, 11) is 0. The number of ether oxygens (including phenoxy) is 1.